The Morgan fingerprint density at radius 1 is 0.839 bits per heavy atom. The van der Waals surface area contributed by atoms with Crippen molar-refractivity contribution in [1.82, 2.24) is 20.6 Å². The molecule has 0 aliphatic heterocycles. The summed E-state index contributed by atoms with van der Waals surface area (Å²) in [6.45, 7) is 1.95. The van der Waals surface area contributed by atoms with Gasteiger partial charge in [-0.3, -0.25) is 20.4 Å². The Morgan fingerprint density at radius 3 is 2.19 bits per heavy atom. The molecule has 4 rings (SSSR count). The van der Waals surface area contributed by atoms with Crippen LogP contribution in [0.2, 0.25) is 0 Å². The summed E-state index contributed by atoms with van der Waals surface area (Å²) in [6.07, 6.45) is 1.85. The van der Waals surface area contributed by atoms with Gasteiger partial charge in [-0.15, -0.1) is 0 Å². The summed E-state index contributed by atoms with van der Waals surface area (Å²) in [6, 6.07) is 26.7. The first kappa shape index (κ1) is 20.1. The molecule has 0 fully saturated rings. The number of para-hydroxylation sites is 1. The Morgan fingerprint density at radius 2 is 1.48 bits per heavy atom. The number of nitrogens with zero attached hydrogens (tertiary/aromatic N) is 2. The highest BCUT2D eigenvalue weighted by atomic mass is 16.2. The standard InChI is InChI=1S/C25H22N4O2/c1-18-10-8-9-13-20(18)16-23(30)26-27-25(31)22-17-29(21-14-6-3-7-15-21)28-24(22)19-11-4-2-5-12-19/h2-15,17H,16H2,1H3,(H,26,30)(H,27,31). The number of carbonyl (C=O) groups excluding carboxylic acids is 2. The van der Waals surface area contributed by atoms with E-state index in [2.05, 4.69) is 16.0 Å². The highest BCUT2D eigenvalue weighted by Crippen LogP contribution is 2.23. The van der Waals surface area contributed by atoms with E-state index in [-0.39, 0.29) is 12.3 Å². The summed E-state index contributed by atoms with van der Waals surface area (Å²) in [5, 5.41) is 4.62. The van der Waals surface area contributed by atoms with Crippen molar-refractivity contribution in [2.45, 2.75) is 13.3 Å². The van der Waals surface area contributed by atoms with E-state index in [0.29, 0.717) is 11.3 Å². The molecule has 1 aromatic heterocycles. The van der Waals surface area contributed by atoms with Gasteiger partial charge < -0.3 is 0 Å². The van der Waals surface area contributed by atoms with Crippen LogP contribution in [0.5, 0.6) is 0 Å². The Balaban J connectivity index is 1.55. The maximum absolute atomic E-state index is 12.9. The SMILES string of the molecule is Cc1ccccc1CC(=O)NNC(=O)c1cn(-c2ccccc2)nc1-c1ccccc1. The normalized spacial score (nSPS) is 10.5. The van der Waals surface area contributed by atoms with Gasteiger partial charge in [-0.25, -0.2) is 4.68 Å². The second-order valence-electron chi connectivity index (χ2n) is 7.14. The number of carbonyl (C=O) groups is 2. The molecule has 1 heterocycles. The zero-order chi connectivity index (χ0) is 21.6. The van der Waals surface area contributed by atoms with Gasteiger partial charge in [0.15, 0.2) is 0 Å². The second kappa shape index (κ2) is 9.09. The van der Waals surface area contributed by atoms with Crippen LogP contribution in [-0.2, 0) is 11.2 Å². The van der Waals surface area contributed by atoms with E-state index in [1.165, 1.54) is 0 Å². The number of nitrogens with one attached hydrogen (secondary N) is 2. The number of aryl methyl sites for hydroxylation is 1. The van der Waals surface area contributed by atoms with Crippen molar-refractivity contribution >= 4 is 11.8 Å². The van der Waals surface area contributed by atoms with Gasteiger partial charge in [0.2, 0.25) is 5.91 Å². The van der Waals surface area contributed by atoms with Crippen molar-refractivity contribution in [3.63, 3.8) is 0 Å². The fourth-order valence-electron chi connectivity index (χ4n) is 3.28. The minimum atomic E-state index is -0.431. The average molecular weight is 410 g/mol. The molecule has 0 radical (unpaired) electrons. The Bertz CT molecular complexity index is 1200. The predicted molar refractivity (Wildman–Crippen MR) is 119 cm³/mol. The highest BCUT2D eigenvalue weighted by Gasteiger charge is 2.19. The topological polar surface area (TPSA) is 76.0 Å². The third kappa shape index (κ3) is 4.70. The van der Waals surface area contributed by atoms with E-state index in [0.717, 1.165) is 22.4 Å². The van der Waals surface area contributed by atoms with Crippen molar-refractivity contribution in [2.75, 3.05) is 0 Å². The van der Waals surface area contributed by atoms with E-state index in [4.69, 9.17) is 0 Å². The summed E-state index contributed by atoms with van der Waals surface area (Å²) in [7, 11) is 0. The van der Waals surface area contributed by atoms with Crippen LogP contribution >= 0.6 is 0 Å². The van der Waals surface area contributed by atoms with Gasteiger partial charge in [0.1, 0.15) is 5.69 Å². The third-order valence-corrected chi connectivity index (χ3v) is 4.95. The number of amides is 2. The summed E-state index contributed by atoms with van der Waals surface area (Å²) < 4.78 is 1.66. The largest absolute Gasteiger partial charge is 0.273 e. The van der Waals surface area contributed by atoms with E-state index >= 15 is 0 Å². The Hall–Kier alpha value is -4.19. The smallest absolute Gasteiger partial charge is 0.273 e. The van der Waals surface area contributed by atoms with E-state index in [1.807, 2.05) is 91.9 Å². The Kier molecular flexibility index (Phi) is 5.89. The fourth-order valence-corrected chi connectivity index (χ4v) is 3.28. The summed E-state index contributed by atoms with van der Waals surface area (Å²) in [5.74, 6) is -0.724. The van der Waals surface area contributed by atoms with E-state index in [1.54, 1.807) is 10.9 Å². The van der Waals surface area contributed by atoms with Crippen molar-refractivity contribution in [3.8, 4) is 16.9 Å². The van der Waals surface area contributed by atoms with Crippen molar-refractivity contribution in [2.24, 2.45) is 0 Å². The maximum atomic E-state index is 12.9. The minimum Gasteiger partial charge on any atom is -0.273 e. The molecular formula is C25H22N4O2. The number of rotatable bonds is 5. The quantitative estimate of drug-likeness (QED) is 0.491. The minimum absolute atomic E-state index is 0.182. The van der Waals surface area contributed by atoms with E-state index in [9.17, 15) is 9.59 Å². The maximum Gasteiger partial charge on any atom is 0.273 e. The first-order valence-electron chi connectivity index (χ1n) is 9.96. The van der Waals surface area contributed by atoms with Crippen LogP contribution in [0.15, 0.2) is 91.1 Å². The van der Waals surface area contributed by atoms with Crippen LogP contribution in [0.25, 0.3) is 16.9 Å². The molecule has 0 aliphatic rings. The molecule has 31 heavy (non-hydrogen) atoms. The van der Waals surface area contributed by atoms with Crippen LogP contribution in [0.3, 0.4) is 0 Å². The molecule has 0 bridgehead atoms. The molecule has 0 unspecified atom stereocenters. The van der Waals surface area contributed by atoms with Gasteiger partial charge in [0.05, 0.1) is 17.7 Å². The molecule has 6 heteroatoms. The second-order valence-corrected chi connectivity index (χ2v) is 7.14. The molecule has 2 N–H and O–H groups in total. The van der Waals surface area contributed by atoms with Gasteiger partial charge >= 0.3 is 0 Å². The lowest BCUT2D eigenvalue weighted by atomic mass is 10.1. The van der Waals surface area contributed by atoms with Gasteiger partial charge in [-0.05, 0) is 30.2 Å². The van der Waals surface area contributed by atoms with Crippen molar-refractivity contribution in [1.29, 1.82) is 0 Å². The number of benzene rings is 3. The lowest BCUT2D eigenvalue weighted by molar-refractivity contribution is -0.121. The summed E-state index contributed by atoms with van der Waals surface area (Å²) in [4.78, 5) is 25.3. The zero-order valence-electron chi connectivity index (χ0n) is 17.1. The van der Waals surface area contributed by atoms with Crippen LogP contribution in [0, 0.1) is 6.92 Å². The molecule has 4 aromatic rings. The number of hydrogen-bond acceptors (Lipinski definition) is 3. The van der Waals surface area contributed by atoms with Crippen LogP contribution in [-0.4, -0.2) is 21.6 Å². The molecule has 0 saturated carbocycles. The average Bonchev–Trinajstić information content (AvgIpc) is 3.26. The first-order chi connectivity index (χ1) is 15.1. The van der Waals surface area contributed by atoms with Crippen molar-refractivity contribution < 1.29 is 9.59 Å². The number of hydrazine groups is 1. The molecule has 6 nitrogen and oxygen atoms in total. The highest BCUT2D eigenvalue weighted by molar-refractivity contribution is 6.00. The molecule has 2 amide bonds. The molecule has 0 aliphatic carbocycles. The third-order valence-electron chi connectivity index (χ3n) is 4.95. The lowest BCUT2D eigenvalue weighted by Crippen LogP contribution is -2.42. The predicted octanol–water partition coefficient (Wildman–Crippen LogP) is 3.85. The lowest BCUT2D eigenvalue weighted by Gasteiger charge is -2.09. The summed E-state index contributed by atoms with van der Waals surface area (Å²) >= 11 is 0. The van der Waals surface area contributed by atoms with Gasteiger partial charge in [-0.1, -0.05) is 72.8 Å². The van der Waals surface area contributed by atoms with Crippen LogP contribution in [0.4, 0.5) is 0 Å². The molecule has 0 atom stereocenters. The summed E-state index contributed by atoms with van der Waals surface area (Å²) in [5.41, 5.74) is 9.52. The van der Waals surface area contributed by atoms with Gasteiger partial charge in [-0.2, -0.15) is 5.10 Å². The van der Waals surface area contributed by atoms with Crippen molar-refractivity contribution in [3.05, 3.63) is 108 Å². The monoisotopic (exact) mass is 410 g/mol. The zero-order valence-corrected chi connectivity index (χ0v) is 17.1. The number of hydrogen-bond donors (Lipinski definition) is 2. The first-order valence-corrected chi connectivity index (χ1v) is 9.96. The van der Waals surface area contributed by atoms with Gasteiger partial charge in [0, 0.05) is 11.8 Å². The molecular weight excluding hydrogens is 388 g/mol. The van der Waals surface area contributed by atoms with Gasteiger partial charge in [0.25, 0.3) is 5.91 Å². The molecule has 3 aromatic carbocycles. The molecule has 0 saturated heterocycles. The van der Waals surface area contributed by atoms with Crippen LogP contribution < -0.4 is 10.9 Å². The molecule has 0 spiro atoms. The Labute approximate surface area is 180 Å². The van der Waals surface area contributed by atoms with Crippen LogP contribution in [0.1, 0.15) is 21.5 Å². The van der Waals surface area contributed by atoms with E-state index < -0.39 is 5.91 Å². The number of aromatic nitrogens is 2. The fraction of sp³-hybridized carbons (Fsp3) is 0.0800. The molecule has 154 valence electrons.